The Kier molecular flexibility index (Phi) is 6.19. The normalized spacial score (nSPS) is 11.8. The van der Waals surface area contributed by atoms with Gasteiger partial charge in [0.05, 0.1) is 22.3 Å². The van der Waals surface area contributed by atoms with Crippen LogP contribution in [0.4, 0.5) is 0 Å². The molecule has 0 aromatic heterocycles. The number of likely N-dealkylation sites (N-methyl/N-ethyl adjacent to an activating group) is 1. The van der Waals surface area contributed by atoms with Crippen LogP contribution < -0.4 is 5.73 Å². The second-order valence-electron chi connectivity index (χ2n) is 3.86. The van der Waals surface area contributed by atoms with Crippen LogP contribution in [0.25, 0.3) is 0 Å². The third kappa shape index (κ3) is 4.68. The molecule has 19 heavy (non-hydrogen) atoms. The van der Waals surface area contributed by atoms with E-state index in [1.165, 1.54) is 4.31 Å². The van der Waals surface area contributed by atoms with Gasteiger partial charge in [0.1, 0.15) is 0 Å². The SMILES string of the molecule is CCN(CC(N)=S)S(=O)(=O)Cc1cccc(Br)c1Cl. The van der Waals surface area contributed by atoms with Crippen LogP contribution in [0.2, 0.25) is 5.02 Å². The predicted octanol–water partition coefficient (Wildman–Crippen LogP) is 2.54. The van der Waals surface area contributed by atoms with Gasteiger partial charge in [0.25, 0.3) is 0 Å². The van der Waals surface area contributed by atoms with Gasteiger partial charge in [0.15, 0.2) is 0 Å². The van der Waals surface area contributed by atoms with Crippen molar-refractivity contribution in [2.75, 3.05) is 13.1 Å². The summed E-state index contributed by atoms with van der Waals surface area (Å²) in [5.41, 5.74) is 5.94. The van der Waals surface area contributed by atoms with Gasteiger partial charge < -0.3 is 5.73 Å². The third-order valence-electron chi connectivity index (χ3n) is 2.45. The Labute approximate surface area is 132 Å². The summed E-state index contributed by atoms with van der Waals surface area (Å²) >= 11 is 14.1. The number of rotatable bonds is 6. The lowest BCUT2D eigenvalue weighted by atomic mass is 10.2. The van der Waals surface area contributed by atoms with Gasteiger partial charge in [-0.1, -0.05) is 42.9 Å². The summed E-state index contributed by atoms with van der Waals surface area (Å²) in [6, 6.07) is 5.18. The van der Waals surface area contributed by atoms with Gasteiger partial charge in [-0.3, -0.25) is 0 Å². The third-order valence-corrected chi connectivity index (χ3v) is 5.76. The van der Waals surface area contributed by atoms with Gasteiger partial charge >= 0.3 is 0 Å². The molecule has 0 heterocycles. The molecule has 1 rings (SSSR count). The summed E-state index contributed by atoms with van der Waals surface area (Å²) in [7, 11) is -3.50. The lowest BCUT2D eigenvalue weighted by Crippen LogP contribution is -2.38. The summed E-state index contributed by atoms with van der Waals surface area (Å²) < 4.78 is 26.4. The largest absolute Gasteiger partial charge is 0.392 e. The minimum atomic E-state index is -3.50. The second-order valence-corrected chi connectivity index (χ2v) is 7.59. The number of hydrogen-bond donors (Lipinski definition) is 1. The Balaban J connectivity index is 3.01. The van der Waals surface area contributed by atoms with Crippen molar-refractivity contribution in [3.8, 4) is 0 Å². The lowest BCUT2D eigenvalue weighted by Gasteiger charge is -2.20. The van der Waals surface area contributed by atoms with Gasteiger partial charge in [-0.15, -0.1) is 0 Å². The average Bonchev–Trinajstić information content (AvgIpc) is 2.31. The smallest absolute Gasteiger partial charge is 0.218 e. The Morgan fingerprint density at radius 1 is 1.53 bits per heavy atom. The zero-order valence-electron chi connectivity index (χ0n) is 10.3. The number of benzene rings is 1. The van der Waals surface area contributed by atoms with Crippen molar-refractivity contribution in [2.24, 2.45) is 5.73 Å². The average molecular weight is 386 g/mol. The number of nitrogens with two attached hydrogens (primary N) is 1. The van der Waals surface area contributed by atoms with E-state index in [2.05, 4.69) is 15.9 Å². The molecule has 106 valence electrons. The van der Waals surface area contributed by atoms with Crippen molar-refractivity contribution in [3.05, 3.63) is 33.3 Å². The van der Waals surface area contributed by atoms with Gasteiger partial charge in [0.2, 0.25) is 10.0 Å². The van der Waals surface area contributed by atoms with Gasteiger partial charge in [-0.05, 0) is 27.6 Å². The molecule has 1 aromatic rings. The van der Waals surface area contributed by atoms with Crippen LogP contribution >= 0.6 is 39.7 Å². The van der Waals surface area contributed by atoms with Crippen LogP contribution in [0.5, 0.6) is 0 Å². The van der Waals surface area contributed by atoms with Gasteiger partial charge in [0, 0.05) is 11.0 Å². The van der Waals surface area contributed by atoms with Crippen LogP contribution in [0.1, 0.15) is 12.5 Å². The highest BCUT2D eigenvalue weighted by Gasteiger charge is 2.23. The first-order chi connectivity index (χ1) is 8.77. The molecule has 0 aliphatic carbocycles. The zero-order valence-corrected chi connectivity index (χ0v) is 14.2. The van der Waals surface area contributed by atoms with Crippen LogP contribution in [-0.2, 0) is 15.8 Å². The van der Waals surface area contributed by atoms with E-state index in [1.54, 1.807) is 25.1 Å². The van der Waals surface area contributed by atoms with E-state index in [4.69, 9.17) is 29.6 Å². The summed E-state index contributed by atoms with van der Waals surface area (Å²) in [6.45, 7) is 2.09. The van der Waals surface area contributed by atoms with E-state index in [9.17, 15) is 8.42 Å². The highest BCUT2D eigenvalue weighted by atomic mass is 79.9. The highest BCUT2D eigenvalue weighted by molar-refractivity contribution is 9.10. The standard InChI is InChI=1S/C11H14BrClN2O2S2/c1-2-15(6-10(14)18)19(16,17)7-8-4-3-5-9(12)11(8)13/h3-5H,2,6-7H2,1H3,(H2,14,18). The molecule has 0 fully saturated rings. The quantitative estimate of drug-likeness (QED) is 0.764. The van der Waals surface area contributed by atoms with Crippen molar-refractivity contribution in [2.45, 2.75) is 12.7 Å². The van der Waals surface area contributed by atoms with Gasteiger partial charge in [-0.25, -0.2) is 8.42 Å². The Morgan fingerprint density at radius 3 is 2.68 bits per heavy atom. The Bertz CT molecular complexity index is 578. The van der Waals surface area contributed by atoms with Crippen LogP contribution in [0.3, 0.4) is 0 Å². The van der Waals surface area contributed by atoms with E-state index in [0.29, 0.717) is 21.6 Å². The molecular weight excluding hydrogens is 372 g/mol. The molecule has 0 atom stereocenters. The maximum Gasteiger partial charge on any atom is 0.218 e. The molecule has 4 nitrogen and oxygen atoms in total. The molecule has 8 heteroatoms. The molecule has 0 aliphatic heterocycles. The fourth-order valence-electron chi connectivity index (χ4n) is 1.53. The van der Waals surface area contributed by atoms with Crippen molar-refractivity contribution < 1.29 is 8.42 Å². The molecular formula is C11H14BrClN2O2S2. The van der Waals surface area contributed by atoms with Crippen molar-refractivity contribution in [3.63, 3.8) is 0 Å². The van der Waals surface area contributed by atoms with Crippen molar-refractivity contribution in [1.29, 1.82) is 0 Å². The van der Waals surface area contributed by atoms with E-state index in [1.807, 2.05) is 0 Å². The monoisotopic (exact) mass is 384 g/mol. The van der Waals surface area contributed by atoms with Crippen molar-refractivity contribution >= 4 is 54.8 Å². The summed E-state index contributed by atoms with van der Waals surface area (Å²) in [5.74, 6) is -0.179. The second kappa shape index (κ2) is 6.99. The lowest BCUT2D eigenvalue weighted by molar-refractivity contribution is 0.467. The van der Waals surface area contributed by atoms with E-state index < -0.39 is 10.0 Å². The Hall–Kier alpha value is -0.210. The fourth-order valence-corrected chi connectivity index (χ4v) is 3.99. The number of halogens is 2. The number of nitrogens with zero attached hydrogens (tertiary/aromatic N) is 1. The number of thiocarbonyl (C=S) groups is 1. The fraction of sp³-hybridized carbons (Fsp3) is 0.364. The number of hydrogen-bond acceptors (Lipinski definition) is 3. The van der Waals surface area contributed by atoms with Crippen LogP contribution in [-0.4, -0.2) is 30.8 Å². The van der Waals surface area contributed by atoms with E-state index >= 15 is 0 Å². The first-order valence-electron chi connectivity index (χ1n) is 5.47. The first-order valence-corrected chi connectivity index (χ1v) is 8.65. The van der Waals surface area contributed by atoms with Crippen LogP contribution in [0, 0.1) is 0 Å². The van der Waals surface area contributed by atoms with Gasteiger partial charge in [-0.2, -0.15) is 4.31 Å². The number of sulfonamides is 1. The molecule has 0 radical (unpaired) electrons. The summed E-state index contributed by atoms with van der Waals surface area (Å²) in [5, 5.41) is 0.400. The molecule has 0 unspecified atom stereocenters. The predicted molar refractivity (Wildman–Crippen MR) is 85.8 cm³/mol. The first kappa shape index (κ1) is 16.8. The van der Waals surface area contributed by atoms with Crippen molar-refractivity contribution in [1.82, 2.24) is 4.31 Å². The van der Waals surface area contributed by atoms with E-state index in [0.717, 1.165) is 0 Å². The molecule has 0 bridgehead atoms. The maximum atomic E-state index is 12.3. The molecule has 0 saturated heterocycles. The maximum absolute atomic E-state index is 12.3. The molecule has 0 saturated carbocycles. The van der Waals surface area contributed by atoms with E-state index in [-0.39, 0.29) is 17.3 Å². The molecule has 0 aliphatic rings. The summed E-state index contributed by atoms with van der Waals surface area (Å²) in [4.78, 5) is 0.144. The topological polar surface area (TPSA) is 63.4 Å². The molecule has 2 N–H and O–H groups in total. The molecule has 1 aromatic carbocycles. The Morgan fingerprint density at radius 2 is 2.16 bits per heavy atom. The minimum absolute atomic E-state index is 0.0415. The highest BCUT2D eigenvalue weighted by Crippen LogP contribution is 2.27. The summed E-state index contributed by atoms with van der Waals surface area (Å²) in [6.07, 6.45) is 0. The zero-order chi connectivity index (χ0) is 14.6. The minimum Gasteiger partial charge on any atom is -0.392 e. The molecule has 0 spiro atoms. The molecule has 0 amide bonds. The van der Waals surface area contributed by atoms with Crippen LogP contribution in [0.15, 0.2) is 22.7 Å².